The van der Waals surface area contributed by atoms with Gasteiger partial charge < -0.3 is 9.64 Å². The van der Waals surface area contributed by atoms with Crippen molar-refractivity contribution in [2.24, 2.45) is 5.92 Å². The molecule has 3 heterocycles. The summed E-state index contributed by atoms with van der Waals surface area (Å²) in [6, 6.07) is 27.8. The van der Waals surface area contributed by atoms with Crippen LogP contribution in [0, 0.1) is 5.92 Å². The lowest BCUT2D eigenvalue weighted by Crippen LogP contribution is -2.30. The van der Waals surface area contributed by atoms with Gasteiger partial charge in [-0.25, -0.2) is 4.98 Å². The second kappa shape index (κ2) is 10.5. The van der Waals surface area contributed by atoms with Crippen molar-refractivity contribution < 1.29 is 4.74 Å². The van der Waals surface area contributed by atoms with Gasteiger partial charge in [0.15, 0.2) is 0 Å². The molecule has 0 spiro atoms. The van der Waals surface area contributed by atoms with E-state index in [0.29, 0.717) is 12.5 Å². The standard InChI is InChI=1S/C32H35N3O/c1-24(2)32(3,28-14-16-30(17-15-28)36-23-29-8-4-5-19-33-29)27-12-9-25(10-13-27)26-11-18-31(34-22-26)35-20-6-7-21-35/h4-5,8-19,22,24H,6-7,20-21,23H2,1-3H3. The highest BCUT2D eigenvalue weighted by atomic mass is 16.5. The summed E-state index contributed by atoms with van der Waals surface area (Å²) in [5.41, 5.74) is 5.76. The minimum atomic E-state index is -0.115. The van der Waals surface area contributed by atoms with Gasteiger partial charge in [-0.3, -0.25) is 4.98 Å². The lowest BCUT2D eigenvalue weighted by molar-refractivity contribution is 0.301. The molecule has 184 valence electrons. The minimum Gasteiger partial charge on any atom is -0.487 e. The van der Waals surface area contributed by atoms with E-state index in [9.17, 15) is 0 Å². The Morgan fingerprint density at radius 2 is 1.47 bits per heavy atom. The van der Waals surface area contributed by atoms with Crippen LogP contribution in [0.25, 0.3) is 11.1 Å². The Morgan fingerprint density at radius 1 is 0.806 bits per heavy atom. The summed E-state index contributed by atoms with van der Waals surface area (Å²) in [6.07, 6.45) is 6.33. The van der Waals surface area contributed by atoms with Crippen LogP contribution in [0.5, 0.6) is 5.75 Å². The maximum atomic E-state index is 5.96. The molecule has 0 radical (unpaired) electrons. The highest BCUT2D eigenvalue weighted by Gasteiger charge is 2.32. The van der Waals surface area contributed by atoms with E-state index in [2.05, 4.69) is 91.3 Å². The third-order valence-electron chi connectivity index (χ3n) is 7.72. The number of ether oxygens (including phenoxy) is 1. The smallest absolute Gasteiger partial charge is 0.130 e. The molecule has 0 N–H and O–H groups in total. The van der Waals surface area contributed by atoms with Crippen LogP contribution in [0.2, 0.25) is 0 Å². The molecule has 4 aromatic rings. The molecule has 1 fully saturated rings. The van der Waals surface area contributed by atoms with E-state index < -0.39 is 0 Å². The van der Waals surface area contributed by atoms with Gasteiger partial charge in [-0.1, -0.05) is 63.2 Å². The summed E-state index contributed by atoms with van der Waals surface area (Å²) >= 11 is 0. The van der Waals surface area contributed by atoms with Crippen molar-refractivity contribution >= 4 is 5.82 Å². The summed E-state index contributed by atoms with van der Waals surface area (Å²) in [5, 5.41) is 0. The quantitative estimate of drug-likeness (QED) is 0.267. The van der Waals surface area contributed by atoms with Gasteiger partial charge in [-0.05, 0) is 71.8 Å². The highest BCUT2D eigenvalue weighted by molar-refractivity contribution is 5.65. The predicted molar refractivity (Wildman–Crippen MR) is 147 cm³/mol. The zero-order valence-electron chi connectivity index (χ0n) is 21.5. The third-order valence-corrected chi connectivity index (χ3v) is 7.72. The Labute approximate surface area is 215 Å². The molecule has 2 aromatic heterocycles. The Hall–Kier alpha value is -3.66. The SMILES string of the molecule is CC(C)C(C)(c1ccc(OCc2ccccn2)cc1)c1ccc(-c2ccc(N3CCCC3)nc2)cc1. The van der Waals surface area contributed by atoms with Gasteiger partial charge in [0.25, 0.3) is 0 Å². The fourth-order valence-corrected chi connectivity index (χ4v) is 5.07. The van der Waals surface area contributed by atoms with Gasteiger partial charge >= 0.3 is 0 Å². The largest absolute Gasteiger partial charge is 0.487 e. The monoisotopic (exact) mass is 477 g/mol. The van der Waals surface area contributed by atoms with Crippen LogP contribution in [0.4, 0.5) is 5.82 Å². The molecule has 1 atom stereocenters. The first-order chi connectivity index (χ1) is 17.5. The molecule has 36 heavy (non-hydrogen) atoms. The molecule has 1 aliphatic heterocycles. The first-order valence-electron chi connectivity index (χ1n) is 13.0. The predicted octanol–water partition coefficient (Wildman–Crippen LogP) is 7.28. The van der Waals surface area contributed by atoms with Crippen LogP contribution in [0.15, 0.2) is 91.3 Å². The number of nitrogens with zero attached hydrogens (tertiary/aromatic N) is 3. The van der Waals surface area contributed by atoms with E-state index in [4.69, 9.17) is 9.72 Å². The summed E-state index contributed by atoms with van der Waals surface area (Å²) in [6.45, 7) is 9.62. The van der Waals surface area contributed by atoms with E-state index >= 15 is 0 Å². The summed E-state index contributed by atoms with van der Waals surface area (Å²) in [7, 11) is 0. The fraction of sp³-hybridized carbons (Fsp3) is 0.312. The van der Waals surface area contributed by atoms with Crippen molar-refractivity contribution in [3.05, 3.63) is 108 Å². The van der Waals surface area contributed by atoms with Gasteiger partial charge in [0.2, 0.25) is 0 Å². The van der Waals surface area contributed by atoms with Crippen molar-refractivity contribution in [3.8, 4) is 16.9 Å². The average molecular weight is 478 g/mol. The maximum absolute atomic E-state index is 5.96. The third kappa shape index (κ3) is 4.99. The maximum Gasteiger partial charge on any atom is 0.130 e. The highest BCUT2D eigenvalue weighted by Crippen LogP contribution is 2.40. The number of rotatable bonds is 8. The van der Waals surface area contributed by atoms with Crippen molar-refractivity contribution in [3.63, 3.8) is 0 Å². The lowest BCUT2D eigenvalue weighted by atomic mass is 9.68. The molecule has 0 aliphatic carbocycles. The number of hydrogen-bond acceptors (Lipinski definition) is 4. The Kier molecular flexibility index (Phi) is 7.04. The molecule has 4 nitrogen and oxygen atoms in total. The van der Waals surface area contributed by atoms with Crippen molar-refractivity contribution in [2.45, 2.75) is 45.6 Å². The van der Waals surface area contributed by atoms with E-state index in [-0.39, 0.29) is 5.41 Å². The number of pyridine rings is 2. The van der Waals surface area contributed by atoms with Crippen LogP contribution in [0.3, 0.4) is 0 Å². The molecular formula is C32H35N3O. The van der Waals surface area contributed by atoms with Crippen LogP contribution in [0.1, 0.15) is 50.4 Å². The van der Waals surface area contributed by atoms with Crippen molar-refractivity contribution in [1.29, 1.82) is 0 Å². The zero-order chi connectivity index (χ0) is 25.0. The van der Waals surface area contributed by atoms with Gasteiger partial charge in [-0.15, -0.1) is 0 Å². The fourth-order valence-electron chi connectivity index (χ4n) is 5.07. The van der Waals surface area contributed by atoms with Gasteiger partial charge in [0, 0.05) is 36.5 Å². The van der Waals surface area contributed by atoms with Gasteiger partial charge in [-0.2, -0.15) is 0 Å². The normalized spacial score (nSPS) is 15.2. The van der Waals surface area contributed by atoms with Crippen LogP contribution in [-0.4, -0.2) is 23.1 Å². The van der Waals surface area contributed by atoms with E-state index in [0.717, 1.165) is 35.9 Å². The topological polar surface area (TPSA) is 38.2 Å². The van der Waals surface area contributed by atoms with Crippen LogP contribution in [-0.2, 0) is 12.0 Å². The van der Waals surface area contributed by atoms with Crippen molar-refractivity contribution in [2.75, 3.05) is 18.0 Å². The summed E-state index contributed by atoms with van der Waals surface area (Å²) in [4.78, 5) is 11.4. The number of anilines is 1. The van der Waals surface area contributed by atoms with Crippen LogP contribution < -0.4 is 9.64 Å². The first kappa shape index (κ1) is 24.1. The van der Waals surface area contributed by atoms with Gasteiger partial charge in [0.05, 0.1) is 5.69 Å². The molecule has 0 amide bonds. The molecule has 0 saturated carbocycles. The van der Waals surface area contributed by atoms with Gasteiger partial charge in [0.1, 0.15) is 18.2 Å². The molecule has 0 bridgehead atoms. The molecule has 4 heteroatoms. The molecule has 2 aromatic carbocycles. The van der Waals surface area contributed by atoms with E-state index in [1.807, 2.05) is 24.4 Å². The molecule has 1 aliphatic rings. The first-order valence-corrected chi connectivity index (χ1v) is 13.0. The molecule has 1 unspecified atom stereocenters. The Balaban J connectivity index is 1.32. The molecule has 5 rings (SSSR count). The average Bonchev–Trinajstić information content (AvgIpc) is 3.48. The summed E-state index contributed by atoms with van der Waals surface area (Å²) in [5.74, 6) is 2.37. The Morgan fingerprint density at radius 3 is 2.06 bits per heavy atom. The van der Waals surface area contributed by atoms with Crippen molar-refractivity contribution in [1.82, 2.24) is 9.97 Å². The summed E-state index contributed by atoms with van der Waals surface area (Å²) < 4.78 is 5.96. The second-order valence-corrected chi connectivity index (χ2v) is 10.2. The number of benzene rings is 2. The molecule has 1 saturated heterocycles. The minimum absolute atomic E-state index is 0.115. The zero-order valence-corrected chi connectivity index (χ0v) is 21.5. The van der Waals surface area contributed by atoms with Crippen LogP contribution >= 0.6 is 0 Å². The van der Waals surface area contributed by atoms with E-state index in [1.54, 1.807) is 6.20 Å². The number of aromatic nitrogens is 2. The lowest BCUT2D eigenvalue weighted by Gasteiger charge is -2.35. The number of hydrogen-bond donors (Lipinski definition) is 0. The second-order valence-electron chi connectivity index (χ2n) is 10.2. The Bertz CT molecular complexity index is 1250. The molecular weight excluding hydrogens is 442 g/mol. The van der Waals surface area contributed by atoms with E-state index in [1.165, 1.54) is 29.5 Å².